The highest BCUT2D eigenvalue weighted by atomic mass is 16.5. The Labute approximate surface area is 326 Å². The van der Waals surface area contributed by atoms with Crippen LogP contribution in [0.25, 0.3) is 0 Å². The number of nitrogens with zero attached hydrogens (tertiary/aromatic N) is 9. The number of piperazine rings is 3. The summed E-state index contributed by atoms with van der Waals surface area (Å²) in [4.78, 5) is 26.9. The third-order valence-corrected chi connectivity index (χ3v) is 12.4. The summed E-state index contributed by atoms with van der Waals surface area (Å²) < 4.78 is 16.2. The smallest absolute Gasteiger partial charge is 0.0738 e. The average Bonchev–Trinajstić information content (AvgIpc) is 3.21. The van der Waals surface area contributed by atoms with Crippen LogP contribution in [0.15, 0.2) is 55.4 Å². The van der Waals surface area contributed by atoms with Gasteiger partial charge in [0.05, 0.1) is 72.0 Å². The van der Waals surface area contributed by atoms with E-state index in [0.29, 0.717) is 12.1 Å². The molecule has 3 aromatic rings. The fourth-order valence-electron chi connectivity index (χ4n) is 8.76. The maximum absolute atomic E-state index is 6.06. The molecule has 15 nitrogen and oxygen atoms in total. The third kappa shape index (κ3) is 9.70. The molecule has 9 heterocycles. The molecule has 6 saturated heterocycles. The lowest BCUT2D eigenvalue weighted by molar-refractivity contribution is -0.0660. The summed E-state index contributed by atoms with van der Waals surface area (Å²) in [5.74, 6) is 0. The fourth-order valence-corrected chi connectivity index (χ4v) is 8.76. The summed E-state index contributed by atoms with van der Waals surface area (Å²) in [6, 6.07) is 7.39. The Morgan fingerprint density at radius 1 is 0.545 bits per heavy atom. The minimum atomic E-state index is 0.242. The molecule has 3 aromatic heterocycles. The third-order valence-electron chi connectivity index (χ3n) is 12.4. The number of hydrogen-bond donors (Lipinski definition) is 3. The molecular weight excluding hydrogens is 697 g/mol. The Balaban J connectivity index is 0.000000127. The first kappa shape index (κ1) is 39.3. The van der Waals surface area contributed by atoms with Crippen molar-refractivity contribution in [1.82, 2.24) is 29.7 Å². The normalized spacial score (nSPS) is 23.0. The van der Waals surface area contributed by atoms with Crippen molar-refractivity contribution in [3.63, 3.8) is 0 Å². The molecule has 9 rings (SSSR count). The highest BCUT2D eigenvalue weighted by Crippen LogP contribution is 2.34. The first-order chi connectivity index (χ1) is 26.9. The van der Waals surface area contributed by atoms with Crippen LogP contribution in [-0.4, -0.2) is 166 Å². The van der Waals surface area contributed by atoms with Crippen molar-refractivity contribution >= 4 is 34.1 Å². The van der Waals surface area contributed by atoms with E-state index in [9.17, 15) is 0 Å². The fraction of sp³-hybridized carbons (Fsp3) is 0.625. The number of rotatable bonds is 5. The Morgan fingerprint density at radius 2 is 0.982 bits per heavy atom. The summed E-state index contributed by atoms with van der Waals surface area (Å²) in [6.07, 6.45) is 15.2. The Bertz CT molecular complexity index is 1620. The quantitative estimate of drug-likeness (QED) is 0.347. The number of hydrogen-bond acceptors (Lipinski definition) is 15. The molecule has 300 valence electrons. The highest BCUT2D eigenvalue weighted by molar-refractivity contribution is 5.67. The number of nitrogens with two attached hydrogens (primary N) is 3. The molecule has 55 heavy (non-hydrogen) atoms. The number of anilines is 6. The molecule has 0 aliphatic carbocycles. The van der Waals surface area contributed by atoms with E-state index in [1.54, 1.807) is 24.8 Å². The molecule has 6 fully saturated rings. The van der Waals surface area contributed by atoms with Crippen molar-refractivity contribution in [2.45, 2.75) is 43.3 Å². The van der Waals surface area contributed by atoms with Crippen molar-refractivity contribution in [3.8, 4) is 0 Å². The molecule has 15 heteroatoms. The molecule has 0 unspecified atom stereocenters. The number of pyridine rings is 3. The van der Waals surface area contributed by atoms with Gasteiger partial charge in [0.25, 0.3) is 0 Å². The van der Waals surface area contributed by atoms with E-state index in [2.05, 4.69) is 51.4 Å². The van der Waals surface area contributed by atoms with Gasteiger partial charge >= 0.3 is 0 Å². The van der Waals surface area contributed by atoms with E-state index >= 15 is 0 Å². The van der Waals surface area contributed by atoms with Gasteiger partial charge in [-0.3, -0.25) is 29.7 Å². The summed E-state index contributed by atoms with van der Waals surface area (Å²) >= 11 is 0. The predicted molar refractivity (Wildman–Crippen MR) is 220 cm³/mol. The molecule has 6 aliphatic rings. The van der Waals surface area contributed by atoms with E-state index in [0.717, 1.165) is 159 Å². The number of ether oxygens (including phenoxy) is 3. The van der Waals surface area contributed by atoms with Gasteiger partial charge in [0.1, 0.15) is 0 Å². The van der Waals surface area contributed by atoms with Crippen LogP contribution < -0.4 is 31.9 Å². The molecule has 0 atom stereocenters. The summed E-state index contributed by atoms with van der Waals surface area (Å²) in [7, 11) is 2.23. The first-order valence-electron chi connectivity index (χ1n) is 20.2. The number of likely N-dealkylation sites (N-methyl/N-ethyl adjacent to an activating group) is 1. The van der Waals surface area contributed by atoms with Crippen LogP contribution in [0, 0.1) is 0 Å². The van der Waals surface area contributed by atoms with Crippen molar-refractivity contribution < 1.29 is 14.2 Å². The van der Waals surface area contributed by atoms with E-state index < -0.39 is 0 Å². The molecule has 6 aliphatic heterocycles. The van der Waals surface area contributed by atoms with Gasteiger partial charge in [0.15, 0.2) is 0 Å². The van der Waals surface area contributed by atoms with Gasteiger partial charge in [0, 0.05) is 129 Å². The molecule has 0 aromatic carbocycles. The van der Waals surface area contributed by atoms with Crippen molar-refractivity contribution in [2.24, 2.45) is 0 Å². The van der Waals surface area contributed by atoms with Gasteiger partial charge in [-0.1, -0.05) is 0 Å². The molecule has 0 amide bonds. The van der Waals surface area contributed by atoms with Crippen LogP contribution in [-0.2, 0) is 14.2 Å². The number of aromatic nitrogens is 3. The molecule has 0 saturated carbocycles. The van der Waals surface area contributed by atoms with Crippen LogP contribution in [0.2, 0.25) is 0 Å². The molecule has 6 N–H and O–H groups in total. The maximum atomic E-state index is 6.06. The van der Waals surface area contributed by atoms with Crippen LogP contribution in [0.1, 0.15) is 25.7 Å². The van der Waals surface area contributed by atoms with Gasteiger partial charge in [-0.25, -0.2) is 0 Å². The summed E-state index contributed by atoms with van der Waals surface area (Å²) in [6.45, 7) is 17.1. The minimum absolute atomic E-state index is 0.242. The van der Waals surface area contributed by atoms with Crippen molar-refractivity contribution in [1.29, 1.82) is 0 Å². The van der Waals surface area contributed by atoms with Gasteiger partial charge in [0.2, 0.25) is 0 Å². The molecule has 0 bridgehead atoms. The minimum Gasteiger partial charge on any atom is -0.396 e. The van der Waals surface area contributed by atoms with E-state index in [1.165, 1.54) is 12.8 Å². The second-order valence-electron chi connectivity index (χ2n) is 15.6. The Morgan fingerprint density at radius 3 is 1.44 bits per heavy atom. The number of nitrogen functional groups attached to an aromatic ring is 3. The average molecular weight is 759 g/mol. The van der Waals surface area contributed by atoms with Crippen molar-refractivity contribution in [3.05, 3.63) is 55.4 Å². The van der Waals surface area contributed by atoms with Crippen molar-refractivity contribution in [2.75, 3.05) is 151 Å². The zero-order valence-electron chi connectivity index (χ0n) is 32.7. The van der Waals surface area contributed by atoms with Crippen LogP contribution in [0.3, 0.4) is 0 Å². The molecule has 1 spiro atoms. The van der Waals surface area contributed by atoms with E-state index in [4.69, 9.17) is 31.4 Å². The lowest BCUT2D eigenvalue weighted by atomic mass is 9.85. The van der Waals surface area contributed by atoms with Gasteiger partial charge in [-0.2, -0.15) is 0 Å². The Hall–Kier alpha value is -3.99. The summed E-state index contributed by atoms with van der Waals surface area (Å²) in [5.41, 5.74) is 23.9. The van der Waals surface area contributed by atoms with Gasteiger partial charge < -0.3 is 46.1 Å². The van der Waals surface area contributed by atoms with Crippen LogP contribution in [0.4, 0.5) is 34.1 Å². The lowest BCUT2D eigenvalue weighted by Gasteiger charge is -2.52. The zero-order chi connectivity index (χ0) is 38.0. The van der Waals surface area contributed by atoms with E-state index in [-0.39, 0.29) is 5.54 Å². The maximum Gasteiger partial charge on any atom is 0.0738 e. The van der Waals surface area contributed by atoms with Crippen LogP contribution in [0.5, 0.6) is 0 Å². The topological polar surface area (TPSA) is 164 Å². The highest BCUT2D eigenvalue weighted by Gasteiger charge is 2.41. The predicted octanol–water partition coefficient (Wildman–Crippen LogP) is 2.11. The largest absolute Gasteiger partial charge is 0.396 e. The zero-order valence-corrected chi connectivity index (χ0v) is 32.7. The standard InChI is InChI=1S/2C14H22N4O.C12H18N4O/c1-17-6-7-18(13-2-5-16-10-12(13)15)11-14(17)3-8-19-9-4-14;15-13-11-16-4-1-14(13)18-7-5-17(6-8-18)12-2-9-19-10-3-12;13-11-7-14-2-1-12(11)16-5-3-15(4-6-16)10-8-17-9-10/h2,5,10H,3-4,6-9,11,15H2,1H3;1,4,11-12H,2-3,5-10,15H2;1-2,7,10H,3-6,8-9,13H2. The second kappa shape index (κ2) is 18.8. The lowest BCUT2D eigenvalue weighted by Crippen LogP contribution is -2.63. The SMILES string of the molecule is CN1CCN(c2ccncc2N)CC12CCOCC2.Nc1cnccc1N1CCN(C2CCOCC2)CC1.Nc1cnccc1N1CCN(C2COC2)CC1. The van der Waals surface area contributed by atoms with E-state index in [1.807, 2.05) is 30.6 Å². The summed E-state index contributed by atoms with van der Waals surface area (Å²) in [5, 5.41) is 0. The monoisotopic (exact) mass is 759 g/mol. The molecule has 0 radical (unpaired) electrons. The van der Waals surface area contributed by atoms with Gasteiger partial charge in [-0.15, -0.1) is 0 Å². The van der Waals surface area contributed by atoms with Crippen LogP contribution >= 0.6 is 0 Å². The second-order valence-corrected chi connectivity index (χ2v) is 15.6. The molecular formula is C40H62N12O3. The van der Waals surface area contributed by atoms with Gasteiger partial charge in [-0.05, 0) is 50.9 Å². The Kier molecular flexibility index (Phi) is 13.4. The first-order valence-corrected chi connectivity index (χ1v) is 20.2.